The minimum absolute atomic E-state index is 0.159. The van der Waals surface area contributed by atoms with Crippen molar-refractivity contribution in [2.45, 2.75) is 45.6 Å². The van der Waals surface area contributed by atoms with E-state index in [1.165, 1.54) is 18.5 Å². The Morgan fingerprint density at radius 3 is 2.44 bits per heavy atom. The van der Waals surface area contributed by atoms with Gasteiger partial charge in [-0.25, -0.2) is 4.39 Å². The number of fused-ring (bicyclic) bond motifs is 1. The van der Waals surface area contributed by atoms with E-state index < -0.39 is 5.54 Å². The van der Waals surface area contributed by atoms with Gasteiger partial charge >= 0.3 is 0 Å². The first-order valence-corrected chi connectivity index (χ1v) is 13.4. The summed E-state index contributed by atoms with van der Waals surface area (Å²) in [4.78, 5) is 30.5. The molecule has 0 saturated carbocycles. The molecule has 5 aromatic rings. The summed E-state index contributed by atoms with van der Waals surface area (Å²) in [6.45, 7) is 7.82. The quantitative estimate of drug-likeness (QED) is 0.218. The fourth-order valence-corrected chi connectivity index (χ4v) is 4.88. The van der Waals surface area contributed by atoms with E-state index in [2.05, 4.69) is 34.6 Å². The van der Waals surface area contributed by atoms with Crippen LogP contribution in [0, 0.1) is 5.82 Å². The number of benzene rings is 3. The zero-order chi connectivity index (χ0) is 29.3. The lowest BCUT2D eigenvalue weighted by Crippen LogP contribution is -2.41. The third-order valence-corrected chi connectivity index (χ3v) is 7.35. The van der Waals surface area contributed by atoms with Gasteiger partial charge in [-0.3, -0.25) is 9.59 Å². The van der Waals surface area contributed by atoms with Crippen molar-refractivity contribution in [2.24, 2.45) is 0 Å². The van der Waals surface area contributed by atoms with E-state index in [9.17, 15) is 14.0 Å². The number of nitrogens with zero attached hydrogens (tertiary/aromatic N) is 2. The molecule has 9 heteroatoms. The average Bonchev–Trinajstić information content (AvgIpc) is 3.65. The maximum atomic E-state index is 13.7. The van der Waals surface area contributed by atoms with Crippen molar-refractivity contribution in [3.63, 3.8) is 0 Å². The summed E-state index contributed by atoms with van der Waals surface area (Å²) in [5.41, 5.74) is 3.84. The first-order chi connectivity index (χ1) is 19.6. The molecular weight excluding hydrogens is 523 g/mol. The van der Waals surface area contributed by atoms with Crippen molar-refractivity contribution in [3.05, 3.63) is 95.4 Å². The number of amides is 2. The van der Waals surface area contributed by atoms with E-state index in [-0.39, 0.29) is 23.5 Å². The molecule has 41 heavy (non-hydrogen) atoms. The van der Waals surface area contributed by atoms with Crippen molar-refractivity contribution in [1.29, 1.82) is 0 Å². The standard InChI is InChI=1S/C32H31FN4O4/c1-6-18(2)23-16-26-25(27(30(39)34-5)28(41-26)19-10-12-22(33)13-11-19)15-24(23)20-8-7-9-21(14-20)29(38)36-32(3,4)31-35-17-40-37-31/h7-18H,6H2,1-5H3,(H,34,39)(H,36,38)/t18-/m1/s1. The maximum absolute atomic E-state index is 13.7. The molecule has 0 spiro atoms. The van der Waals surface area contributed by atoms with Crippen molar-refractivity contribution in [1.82, 2.24) is 20.8 Å². The Morgan fingerprint density at radius 2 is 1.78 bits per heavy atom. The van der Waals surface area contributed by atoms with E-state index in [0.29, 0.717) is 39.2 Å². The number of hydrogen-bond acceptors (Lipinski definition) is 6. The summed E-state index contributed by atoms with van der Waals surface area (Å²) in [5, 5.41) is 10.2. The number of nitrogens with one attached hydrogen (secondary N) is 2. The van der Waals surface area contributed by atoms with E-state index >= 15 is 0 Å². The van der Waals surface area contributed by atoms with Crippen LogP contribution < -0.4 is 10.6 Å². The Labute approximate surface area is 237 Å². The predicted molar refractivity (Wildman–Crippen MR) is 154 cm³/mol. The highest BCUT2D eigenvalue weighted by Gasteiger charge is 2.28. The largest absolute Gasteiger partial charge is 0.455 e. The first-order valence-electron chi connectivity index (χ1n) is 13.4. The number of carbonyl (C=O) groups excluding carboxylic acids is 2. The minimum Gasteiger partial charge on any atom is -0.455 e. The summed E-state index contributed by atoms with van der Waals surface area (Å²) >= 11 is 0. The second kappa shape index (κ2) is 11.0. The molecule has 2 amide bonds. The van der Waals surface area contributed by atoms with Crippen LogP contribution in [0.1, 0.15) is 72.1 Å². The molecule has 0 aliphatic carbocycles. The third-order valence-electron chi connectivity index (χ3n) is 7.35. The highest BCUT2D eigenvalue weighted by Crippen LogP contribution is 2.40. The number of halogens is 1. The van der Waals surface area contributed by atoms with Crippen molar-refractivity contribution < 1.29 is 22.9 Å². The predicted octanol–water partition coefficient (Wildman–Crippen LogP) is 6.83. The molecule has 8 nitrogen and oxygen atoms in total. The lowest BCUT2D eigenvalue weighted by molar-refractivity contribution is 0.0906. The van der Waals surface area contributed by atoms with Crippen LogP contribution in [0.5, 0.6) is 0 Å². The highest BCUT2D eigenvalue weighted by molar-refractivity contribution is 6.12. The van der Waals surface area contributed by atoms with E-state index in [4.69, 9.17) is 8.94 Å². The summed E-state index contributed by atoms with van der Waals surface area (Å²) < 4.78 is 24.8. The fraction of sp³-hybridized carbons (Fsp3) is 0.250. The van der Waals surface area contributed by atoms with Crippen molar-refractivity contribution in [2.75, 3.05) is 7.05 Å². The fourth-order valence-electron chi connectivity index (χ4n) is 4.88. The van der Waals surface area contributed by atoms with E-state index in [1.807, 2.05) is 30.3 Å². The molecule has 210 valence electrons. The Balaban J connectivity index is 1.64. The zero-order valence-electron chi connectivity index (χ0n) is 23.5. The third kappa shape index (κ3) is 5.35. The highest BCUT2D eigenvalue weighted by atomic mass is 19.1. The summed E-state index contributed by atoms with van der Waals surface area (Å²) in [5.74, 6) is -0.0966. The first kappa shape index (κ1) is 27.8. The molecule has 1 atom stereocenters. The van der Waals surface area contributed by atoms with Crippen LogP contribution in [-0.4, -0.2) is 29.0 Å². The SMILES string of the molecule is CC[C@@H](C)c1cc2oc(-c3ccc(F)cc3)c(C(=O)NC)c2cc1-c1cccc(C(=O)NC(C)(C)c2ncon2)c1. The van der Waals surface area contributed by atoms with Gasteiger partial charge in [0, 0.05) is 23.6 Å². The van der Waals surface area contributed by atoms with Gasteiger partial charge in [-0.15, -0.1) is 0 Å². The summed E-state index contributed by atoms with van der Waals surface area (Å²) in [6.07, 6.45) is 2.09. The number of carbonyl (C=O) groups is 2. The van der Waals surface area contributed by atoms with Gasteiger partial charge in [0.2, 0.25) is 6.39 Å². The lowest BCUT2D eigenvalue weighted by Gasteiger charge is -2.22. The van der Waals surface area contributed by atoms with Gasteiger partial charge in [0.05, 0.1) is 11.1 Å². The van der Waals surface area contributed by atoms with Crippen LogP contribution in [0.2, 0.25) is 0 Å². The Kier molecular flexibility index (Phi) is 7.45. The zero-order valence-corrected chi connectivity index (χ0v) is 23.5. The molecular formula is C32H31FN4O4. The molecule has 0 saturated heterocycles. The van der Waals surface area contributed by atoms with E-state index in [0.717, 1.165) is 23.1 Å². The second-order valence-electron chi connectivity index (χ2n) is 10.6. The monoisotopic (exact) mass is 554 g/mol. The maximum Gasteiger partial charge on any atom is 0.255 e. The van der Waals surface area contributed by atoms with Crippen LogP contribution in [-0.2, 0) is 5.54 Å². The summed E-state index contributed by atoms with van der Waals surface area (Å²) in [7, 11) is 1.56. The molecule has 2 N–H and O–H groups in total. The van der Waals surface area contributed by atoms with Gasteiger partial charge in [0.15, 0.2) is 5.82 Å². The summed E-state index contributed by atoms with van der Waals surface area (Å²) in [6, 6.07) is 17.1. The van der Waals surface area contributed by atoms with Gasteiger partial charge in [0.1, 0.15) is 17.2 Å². The van der Waals surface area contributed by atoms with Gasteiger partial charge in [-0.05, 0) is 91.4 Å². The minimum atomic E-state index is -0.850. The normalized spacial score (nSPS) is 12.3. The lowest BCUT2D eigenvalue weighted by atomic mass is 9.88. The van der Waals surface area contributed by atoms with Crippen molar-refractivity contribution in [3.8, 4) is 22.5 Å². The van der Waals surface area contributed by atoms with Crippen LogP contribution in [0.4, 0.5) is 4.39 Å². The molecule has 0 fully saturated rings. The Hall–Kier alpha value is -4.79. The number of hydrogen-bond donors (Lipinski definition) is 2. The molecule has 5 rings (SSSR count). The van der Waals surface area contributed by atoms with Crippen LogP contribution in [0.3, 0.4) is 0 Å². The molecule has 0 aliphatic heterocycles. The van der Waals surface area contributed by atoms with Gasteiger partial charge < -0.3 is 19.6 Å². The number of furan rings is 1. The van der Waals surface area contributed by atoms with Crippen LogP contribution in [0.15, 0.2) is 76.0 Å². The average molecular weight is 555 g/mol. The van der Waals surface area contributed by atoms with E-state index in [1.54, 1.807) is 39.1 Å². The smallest absolute Gasteiger partial charge is 0.255 e. The molecule has 3 aromatic carbocycles. The molecule has 0 aliphatic rings. The van der Waals surface area contributed by atoms with Gasteiger partial charge in [-0.2, -0.15) is 4.98 Å². The molecule has 0 bridgehead atoms. The molecule has 0 radical (unpaired) electrons. The molecule has 2 heterocycles. The van der Waals surface area contributed by atoms with Crippen LogP contribution >= 0.6 is 0 Å². The van der Waals surface area contributed by atoms with Gasteiger partial charge in [0.25, 0.3) is 11.8 Å². The topological polar surface area (TPSA) is 110 Å². The van der Waals surface area contributed by atoms with Crippen LogP contribution in [0.25, 0.3) is 33.4 Å². The second-order valence-corrected chi connectivity index (χ2v) is 10.6. The number of rotatable bonds is 8. The number of aromatic nitrogens is 2. The molecule has 2 aromatic heterocycles. The van der Waals surface area contributed by atoms with Crippen molar-refractivity contribution >= 4 is 22.8 Å². The Morgan fingerprint density at radius 1 is 1.02 bits per heavy atom. The molecule has 0 unspecified atom stereocenters. The van der Waals surface area contributed by atoms with Gasteiger partial charge in [-0.1, -0.05) is 31.1 Å². The Bertz CT molecular complexity index is 1720.